The zero-order valence-electron chi connectivity index (χ0n) is 47.4. The largest absolute Gasteiger partial charge is 0.459 e. The molecule has 3 saturated heterocycles. The molecule has 0 amide bonds. The zero-order chi connectivity index (χ0) is 56.2. The number of likely N-dealkylation sites (N-methyl/N-ethyl adjacent to an activating group) is 2. The van der Waals surface area contributed by atoms with Gasteiger partial charge in [-0.1, -0.05) is 56.3 Å². The van der Waals surface area contributed by atoms with Gasteiger partial charge >= 0.3 is 5.97 Å². The summed E-state index contributed by atoms with van der Waals surface area (Å²) in [7, 11) is 3.75. The molecule has 4 N–H and O–H groups in total. The quantitative estimate of drug-likeness (QED) is 0.165. The number of rotatable bonds is 16. The number of nitrogens with zero attached hydrogens (tertiary/aromatic N) is 5. The Labute approximate surface area is 450 Å². The Balaban J connectivity index is 1.23. The van der Waals surface area contributed by atoms with E-state index in [4.69, 9.17) is 33.2 Å². The van der Waals surface area contributed by atoms with Crippen LogP contribution in [0.1, 0.15) is 130 Å². The SMILES string of the molecule is CC[C@H]1OC(=O)[C@H](C)[C@@H](O[C@H]2C[C@@](C)(OC)[C@@H](O)[C@H](C)O2)[C@H](C)[C@@H](O[C@H]2C[C@@H](N(C)CCc3cn([C@H](CF)[C@H](OC)c4ccc(C5=CCS(=O)(=O)C5)cc4)nn3)C[C@@H](C)O2)[C@](C)(O)C[C@@H](C)CN(C)[C@H](C)[C@@H](O)[C@]1(C)O. The standard InChI is InChI=1S/C55H90FN5O14S/c1-15-44-55(10,66)49(62)36(6)60(12)29-32(2)26-53(8,65)51(34(4)47(35(5)52(64)73-44)74-46-27-54(9,70-14)50(63)37(7)72-46)75-45-25-42(24-33(3)71-45)59(11)22-20-41-30-61(58-57-41)43(28-56)48(69-13)39-18-16-38(17-19-39)40-21-23-76(67,68)31-40/h16-19,21,30,32-37,42-51,62-63,65-66H,15,20,22-29,31H2,1-14H3/t32-,33-,34+,35-,36-,37+,42+,43-,44-,45+,46+,47+,48-,49-,50+,51-,53-,54-,55-/m1/s1. The number of halogens is 1. The van der Waals surface area contributed by atoms with E-state index in [0.717, 1.165) is 11.1 Å². The number of aliphatic hydroxyl groups is 4. The molecule has 6 rings (SSSR count). The minimum atomic E-state index is -3.14. The number of carbonyl (C=O) groups excluding carboxylic acids is 1. The van der Waals surface area contributed by atoms with Gasteiger partial charge in [-0.2, -0.15) is 0 Å². The van der Waals surface area contributed by atoms with Gasteiger partial charge in [0.05, 0.1) is 58.7 Å². The van der Waals surface area contributed by atoms with Crippen LogP contribution in [0, 0.1) is 17.8 Å². The fourth-order valence-corrected chi connectivity index (χ4v) is 13.5. The molecule has 0 saturated carbocycles. The molecule has 5 heterocycles. The molecule has 19 nitrogen and oxygen atoms in total. The second-order valence-electron chi connectivity index (χ2n) is 23.3. The van der Waals surface area contributed by atoms with Crippen LogP contribution < -0.4 is 0 Å². The highest BCUT2D eigenvalue weighted by atomic mass is 32.2. The lowest BCUT2D eigenvalue weighted by Gasteiger charge is -2.48. The molecule has 19 atom stereocenters. The van der Waals surface area contributed by atoms with Crippen LogP contribution in [0.3, 0.4) is 0 Å². The number of carbonyl (C=O) groups is 1. The Morgan fingerprint density at radius 3 is 2.25 bits per heavy atom. The van der Waals surface area contributed by atoms with E-state index in [1.165, 1.54) is 25.8 Å². The topological polar surface area (TPSA) is 234 Å². The van der Waals surface area contributed by atoms with E-state index < -0.39 is 119 Å². The van der Waals surface area contributed by atoms with E-state index in [1.54, 1.807) is 46.9 Å². The number of alkyl halides is 1. The van der Waals surface area contributed by atoms with Crippen LogP contribution >= 0.6 is 0 Å². The molecule has 1 aromatic carbocycles. The van der Waals surface area contributed by atoms with Gasteiger partial charge in [0, 0.05) is 70.8 Å². The predicted octanol–water partition coefficient (Wildman–Crippen LogP) is 4.84. The Morgan fingerprint density at radius 1 is 0.961 bits per heavy atom. The molecule has 76 heavy (non-hydrogen) atoms. The van der Waals surface area contributed by atoms with Gasteiger partial charge in [0.15, 0.2) is 22.4 Å². The number of ether oxygens (including phenoxy) is 7. The fourth-order valence-electron chi connectivity index (χ4n) is 12.2. The van der Waals surface area contributed by atoms with E-state index in [1.807, 2.05) is 71.0 Å². The van der Waals surface area contributed by atoms with E-state index in [9.17, 15) is 38.0 Å². The average molecular weight is 1100 g/mol. The number of hydrogen-bond acceptors (Lipinski definition) is 18. The van der Waals surface area contributed by atoms with Crippen LogP contribution in [0.5, 0.6) is 0 Å². The van der Waals surface area contributed by atoms with Gasteiger partial charge in [0.1, 0.15) is 42.7 Å². The Hall–Kier alpha value is -3.03. The normalized spacial score (nSPS) is 39.2. The molecular weight excluding hydrogens is 1010 g/mol. The fraction of sp³-hybridized carbons (Fsp3) is 0.800. The molecule has 0 radical (unpaired) electrons. The molecule has 1 aromatic heterocycles. The van der Waals surface area contributed by atoms with Crippen molar-refractivity contribution in [1.82, 2.24) is 24.8 Å². The van der Waals surface area contributed by atoms with E-state index in [-0.39, 0.29) is 48.8 Å². The number of aromatic nitrogens is 3. The number of aliphatic hydroxyl groups excluding tert-OH is 2. The van der Waals surface area contributed by atoms with E-state index in [0.29, 0.717) is 43.6 Å². The van der Waals surface area contributed by atoms with Crippen LogP contribution in [0.4, 0.5) is 4.39 Å². The summed E-state index contributed by atoms with van der Waals surface area (Å²) in [6.45, 7) is 18.0. The van der Waals surface area contributed by atoms with Crippen molar-refractivity contribution in [2.75, 3.05) is 59.6 Å². The highest BCUT2D eigenvalue weighted by Crippen LogP contribution is 2.41. The van der Waals surface area contributed by atoms with Gasteiger partial charge < -0.3 is 63.4 Å². The molecule has 0 bridgehead atoms. The zero-order valence-corrected chi connectivity index (χ0v) is 48.2. The third-order valence-electron chi connectivity index (χ3n) is 17.0. The second-order valence-corrected chi connectivity index (χ2v) is 25.4. The Kier molecular flexibility index (Phi) is 21.0. The number of sulfone groups is 1. The molecular formula is C55H90FN5O14S. The van der Waals surface area contributed by atoms with Gasteiger partial charge in [0.25, 0.3) is 0 Å². The summed E-state index contributed by atoms with van der Waals surface area (Å²) in [6.07, 6.45) is -3.19. The maximum Gasteiger partial charge on any atom is 0.311 e. The summed E-state index contributed by atoms with van der Waals surface area (Å²) in [5, 5.41) is 56.3. The monoisotopic (exact) mass is 1100 g/mol. The van der Waals surface area contributed by atoms with Crippen LogP contribution in [0.25, 0.3) is 5.57 Å². The molecule has 4 aliphatic rings. The first-order valence-corrected chi connectivity index (χ1v) is 29.0. The number of esters is 1. The molecule has 3 fully saturated rings. The van der Waals surface area contributed by atoms with Crippen LogP contribution in [0.15, 0.2) is 36.5 Å². The van der Waals surface area contributed by atoms with E-state index >= 15 is 0 Å². The Morgan fingerprint density at radius 2 is 1.64 bits per heavy atom. The number of benzene rings is 1. The molecule has 0 aliphatic carbocycles. The van der Waals surface area contributed by atoms with Crippen LogP contribution in [0.2, 0.25) is 0 Å². The van der Waals surface area contributed by atoms with Gasteiger partial charge in [-0.15, -0.1) is 5.10 Å². The lowest BCUT2D eigenvalue weighted by atomic mass is 9.77. The summed E-state index contributed by atoms with van der Waals surface area (Å²) in [6, 6.07) is 5.89. The number of hydrogen-bond donors (Lipinski definition) is 4. The third-order valence-corrected chi connectivity index (χ3v) is 18.4. The van der Waals surface area contributed by atoms with Crippen LogP contribution in [-0.2, 0) is 54.2 Å². The predicted molar refractivity (Wildman–Crippen MR) is 283 cm³/mol. The summed E-state index contributed by atoms with van der Waals surface area (Å²) in [4.78, 5) is 18.7. The van der Waals surface area contributed by atoms with E-state index in [2.05, 4.69) is 15.2 Å². The maximum atomic E-state index is 14.9. The third kappa shape index (κ3) is 14.5. The lowest BCUT2D eigenvalue weighted by molar-refractivity contribution is -0.308. The molecule has 4 aliphatic heterocycles. The first kappa shape index (κ1) is 62.2. The molecule has 0 unspecified atom stereocenters. The smallest absolute Gasteiger partial charge is 0.311 e. The number of methoxy groups -OCH3 is 2. The van der Waals surface area contributed by atoms with Crippen molar-refractivity contribution in [1.29, 1.82) is 0 Å². The van der Waals surface area contributed by atoms with Gasteiger partial charge in [-0.05, 0) is 104 Å². The van der Waals surface area contributed by atoms with Crippen molar-refractivity contribution < 1.29 is 71.2 Å². The minimum absolute atomic E-state index is 0.0102. The Bertz CT molecular complexity index is 2340. The van der Waals surface area contributed by atoms with Crippen molar-refractivity contribution in [2.24, 2.45) is 17.8 Å². The van der Waals surface area contributed by atoms with Crippen molar-refractivity contribution in [3.05, 3.63) is 53.4 Å². The lowest BCUT2D eigenvalue weighted by Crippen LogP contribution is -2.59. The first-order valence-electron chi connectivity index (χ1n) is 27.2. The van der Waals surface area contributed by atoms with Crippen molar-refractivity contribution in [3.63, 3.8) is 0 Å². The highest BCUT2D eigenvalue weighted by Gasteiger charge is 2.52. The second kappa shape index (κ2) is 25.6. The molecule has 2 aromatic rings. The molecule has 21 heteroatoms. The summed E-state index contributed by atoms with van der Waals surface area (Å²) >= 11 is 0. The van der Waals surface area contributed by atoms with Crippen molar-refractivity contribution >= 4 is 21.4 Å². The van der Waals surface area contributed by atoms with Crippen molar-refractivity contribution in [3.8, 4) is 0 Å². The van der Waals surface area contributed by atoms with Crippen molar-refractivity contribution in [2.45, 2.75) is 204 Å². The highest BCUT2D eigenvalue weighted by molar-refractivity contribution is 7.92. The first-order chi connectivity index (χ1) is 35.6. The maximum absolute atomic E-state index is 14.9. The van der Waals surface area contributed by atoms with Crippen LogP contribution in [-0.4, -0.2) is 203 Å². The molecule has 0 spiro atoms. The summed E-state index contributed by atoms with van der Waals surface area (Å²) < 4.78 is 85.0. The summed E-state index contributed by atoms with van der Waals surface area (Å²) in [5.74, 6) is -2.61. The minimum Gasteiger partial charge on any atom is -0.459 e. The molecule has 432 valence electrons. The van der Waals surface area contributed by atoms with Gasteiger partial charge in [-0.3, -0.25) is 4.79 Å². The number of cyclic esters (lactones) is 1. The van der Waals surface area contributed by atoms with Gasteiger partial charge in [-0.25, -0.2) is 17.5 Å². The summed E-state index contributed by atoms with van der Waals surface area (Å²) in [5.41, 5.74) is -1.53. The average Bonchev–Trinajstić information content (AvgIpc) is 4.00. The van der Waals surface area contributed by atoms with Gasteiger partial charge in [0.2, 0.25) is 0 Å².